The van der Waals surface area contributed by atoms with E-state index in [1.54, 1.807) is 12.1 Å². The molecule has 1 aromatic heterocycles. The number of cyclic esters (lactones) is 1. The van der Waals surface area contributed by atoms with Gasteiger partial charge < -0.3 is 19.4 Å². The fraction of sp³-hybridized carbons (Fsp3) is 0.259. The summed E-state index contributed by atoms with van der Waals surface area (Å²) in [6.45, 7) is 0.451. The van der Waals surface area contributed by atoms with Crippen LogP contribution in [-0.4, -0.2) is 42.1 Å². The summed E-state index contributed by atoms with van der Waals surface area (Å²) in [5.41, 5.74) is -1.05. The number of benzene rings is 2. The van der Waals surface area contributed by atoms with Crippen LogP contribution in [0.25, 0.3) is 0 Å². The van der Waals surface area contributed by atoms with Crippen LogP contribution in [-0.2, 0) is 23.2 Å². The van der Waals surface area contributed by atoms with E-state index in [2.05, 4.69) is 6.07 Å². The molecule has 5 rings (SSSR count). The molecule has 3 heterocycles. The van der Waals surface area contributed by atoms with Crippen LogP contribution in [0, 0.1) is 11.3 Å². The number of nitriles is 1. The number of fused-ring (bicyclic) bond motifs is 1. The van der Waals surface area contributed by atoms with Crippen molar-refractivity contribution in [2.45, 2.75) is 34.7 Å². The number of hydrogen-bond donors (Lipinski definition) is 1. The maximum atomic E-state index is 14.1. The van der Waals surface area contributed by atoms with Crippen molar-refractivity contribution < 1.29 is 27.8 Å². The number of ether oxygens (including phenoxy) is 2. The molecule has 218 valence electrons. The predicted molar refractivity (Wildman–Crippen MR) is 152 cm³/mol. The first-order chi connectivity index (χ1) is 19.9. The first-order valence-corrected chi connectivity index (χ1v) is 14.2. The number of aromatic amines is 1. The van der Waals surface area contributed by atoms with Gasteiger partial charge in [0.05, 0.1) is 29.4 Å². The molecule has 0 unspecified atom stereocenters. The molecule has 1 N–H and O–H groups in total. The fourth-order valence-electron chi connectivity index (χ4n) is 4.78. The van der Waals surface area contributed by atoms with Crippen molar-refractivity contribution in [1.29, 1.82) is 5.26 Å². The Bertz CT molecular complexity index is 1700. The molecule has 3 aromatic rings. The molecule has 0 saturated carbocycles. The van der Waals surface area contributed by atoms with Crippen LogP contribution in [0.4, 0.5) is 19.3 Å². The smallest absolute Gasteiger partial charge is 0.414 e. The van der Waals surface area contributed by atoms with Gasteiger partial charge >= 0.3 is 11.5 Å². The second-order valence-electron chi connectivity index (χ2n) is 9.24. The second-order valence-corrected chi connectivity index (χ2v) is 11.6. The molecular weight excluding hydrogens is 637 g/mol. The molecule has 9 nitrogen and oxygen atoms in total. The van der Waals surface area contributed by atoms with E-state index in [1.807, 2.05) is 4.98 Å². The SMILES string of the molecule is COc1c(N2CCCOC2=O)cc2c(c1C#N)CN(C(=O)c1c(Sc3c(Cl)cccc3Cl)cc(C(F)(F)Cl)[nH]c1=O)C2. The number of nitrogens with one attached hydrogen (secondary N) is 1. The summed E-state index contributed by atoms with van der Waals surface area (Å²) < 4.78 is 38.8. The molecule has 0 radical (unpaired) electrons. The van der Waals surface area contributed by atoms with Gasteiger partial charge in [0.2, 0.25) is 0 Å². The molecule has 2 aliphatic rings. The molecule has 42 heavy (non-hydrogen) atoms. The Morgan fingerprint density at radius 2 is 1.93 bits per heavy atom. The van der Waals surface area contributed by atoms with Gasteiger partial charge in [-0.05, 0) is 53.4 Å². The number of carbonyl (C=O) groups excluding carboxylic acids is 2. The molecular formula is C27H19Cl3F2N4O5S. The van der Waals surface area contributed by atoms with E-state index >= 15 is 0 Å². The highest BCUT2D eigenvalue weighted by Crippen LogP contribution is 2.43. The molecule has 2 aliphatic heterocycles. The first kappa shape index (κ1) is 30.0. The fourth-order valence-corrected chi connectivity index (χ4v) is 6.52. The van der Waals surface area contributed by atoms with E-state index in [9.17, 15) is 28.4 Å². The lowest BCUT2D eigenvalue weighted by molar-refractivity contribution is 0.0740. The summed E-state index contributed by atoms with van der Waals surface area (Å²) in [5, 5.41) is 6.43. The molecule has 15 heteroatoms. The molecule has 0 aliphatic carbocycles. The van der Waals surface area contributed by atoms with Gasteiger partial charge in [-0.1, -0.05) is 41.0 Å². The summed E-state index contributed by atoms with van der Waals surface area (Å²) in [6, 6.07) is 9.25. The topological polar surface area (TPSA) is 116 Å². The molecule has 2 amide bonds. The minimum atomic E-state index is -3.94. The van der Waals surface area contributed by atoms with Crippen LogP contribution < -0.4 is 15.2 Å². The third-order valence-corrected chi connectivity index (χ3v) is 8.93. The highest BCUT2D eigenvalue weighted by molar-refractivity contribution is 7.99. The highest BCUT2D eigenvalue weighted by Gasteiger charge is 2.37. The number of halogens is 5. The third-order valence-electron chi connectivity index (χ3n) is 6.68. The minimum absolute atomic E-state index is 0.0491. The van der Waals surface area contributed by atoms with Crippen LogP contribution in [0.5, 0.6) is 5.75 Å². The van der Waals surface area contributed by atoms with Crippen molar-refractivity contribution in [2.24, 2.45) is 0 Å². The van der Waals surface area contributed by atoms with Crippen LogP contribution in [0.2, 0.25) is 10.0 Å². The first-order valence-electron chi connectivity index (χ1n) is 12.3. The third kappa shape index (κ3) is 5.49. The summed E-state index contributed by atoms with van der Waals surface area (Å²) in [7, 11) is 1.36. The lowest BCUT2D eigenvalue weighted by Gasteiger charge is -2.28. The monoisotopic (exact) mass is 654 g/mol. The van der Waals surface area contributed by atoms with Crippen LogP contribution in [0.15, 0.2) is 44.9 Å². The van der Waals surface area contributed by atoms with Gasteiger partial charge in [-0.3, -0.25) is 14.5 Å². The van der Waals surface area contributed by atoms with E-state index < -0.39 is 34.2 Å². The van der Waals surface area contributed by atoms with Crippen LogP contribution in [0.1, 0.15) is 39.2 Å². The van der Waals surface area contributed by atoms with Gasteiger partial charge in [0.25, 0.3) is 11.5 Å². The van der Waals surface area contributed by atoms with Gasteiger partial charge in [-0.2, -0.15) is 14.0 Å². The second kappa shape index (κ2) is 11.6. The van der Waals surface area contributed by atoms with Crippen molar-refractivity contribution in [3.05, 3.63) is 78.7 Å². The van der Waals surface area contributed by atoms with Gasteiger partial charge in [0, 0.05) is 29.4 Å². The number of carbonyl (C=O) groups is 2. The summed E-state index contributed by atoms with van der Waals surface area (Å²) in [4.78, 5) is 44.2. The van der Waals surface area contributed by atoms with E-state index in [4.69, 9.17) is 44.3 Å². The Labute approximate surface area is 256 Å². The average Bonchev–Trinajstić information content (AvgIpc) is 3.37. The summed E-state index contributed by atoms with van der Waals surface area (Å²) in [6.07, 6.45) is -0.0361. The van der Waals surface area contributed by atoms with Crippen molar-refractivity contribution in [3.63, 3.8) is 0 Å². The minimum Gasteiger partial charge on any atom is -0.493 e. The van der Waals surface area contributed by atoms with Crippen LogP contribution >= 0.6 is 46.6 Å². The van der Waals surface area contributed by atoms with Crippen molar-refractivity contribution >= 4 is 64.3 Å². The van der Waals surface area contributed by atoms with E-state index in [0.29, 0.717) is 29.8 Å². The Balaban J connectivity index is 1.58. The van der Waals surface area contributed by atoms with Crippen molar-refractivity contribution in [2.75, 3.05) is 25.2 Å². The van der Waals surface area contributed by atoms with Gasteiger partial charge in [0.15, 0.2) is 5.75 Å². The Morgan fingerprint density at radius 1 is 1.21 bits per heavy atom. The van der Waals surface area contributed by atoms with Crippen molar-refractivity contribution in [3.8, 4) is 11.8 Å². The molecule has 0 spiro atoms. The predicted octanol–water partition coefficient (Wildman–Crippen LogP) is 6.50. The number of nitrogens with zero attached hydrogens (tertiary/aromatic N) is 3. The standard InChI is InChI=1S/C27H19Cl3F2N4O5S/c1-40-22-14(10-33)15-12-35(11-13(15)8-18(22)36-6-3-7-41-26(36)39)25(38)21-19(9-20(27(30,31)32)34-24(21)37)42-23-16(28)4-2-5-17(23)29/h2,4-5,8-9H,3,6-7,11-12H2,1H3,(H,34,37). The normalized spacial score (nSPS) is 14.8. The molecule has 1 fully saturated rings. The number of anilines is 1. The molecule has 1 saturated heterocycles. The lowest BCUT2D eigenvalue weighted by Crippen LogP contribution is -2.38. The van der Waals surface area contributed by atoms with Gasteiger partial charge in [-0.25, -0.2) is 4.79 Å². The number of pyridine rings is 1. The van der Waals surface area contributed by atoms with E-state index in [-0.39, 0.29) is 50.8 Å². The maximum Gasteiger partial charge on any atom is 0.414 e. The largest absolute Gasteiger partial charge is 0.493 e. The summed E-state index contributed by atoms with van der Waals surface area (Å²) in [5.74, 6) is -0.662. The zero-order valence-electron chi connectivity index (χ0n) is 21.6. The van der Waals surface area contributed by atoms with Crippen molar-refractivity contribution in [1.82, 2.24) is 9.88 Å². The number of methoxy groups -OCH3 is 1. The number of amides is 2. The van der Waals surface area contributed by atoms with E-state index in [0.717, 1.165) is 17.8 Å². The number of H-pyrrole nitrogens is 1. The Kier molecular flexibility index (Phi) is 8.31. The lowest BCUT2D eigenvalue weighted by atomic mass is 10.0. The zero-order valence-corrected chi connectivity index (χ0v) is 24.7. The quantitative estimate of drug-likeness (QED) is 0.301. The molecule has 2 aromatic carbocycles. The zero-order chi connectivity index (χ0) is 30.3. The van der Waals surface area contributed by atoms with Gasteiger partial charge in [-0.15, -0.1) is 0 Å². The number of alkyl halides is 3. The Morgan fingerprint density at radius 3 is 2.55 bits per heavy atom. The highest BCUT2D eigenvalue weighted by atomic mass is 35.5. The van der Waals surface area contributed by atoms with Gasteiger partial charge in [0.1, 0.15) is 22.9 Å². The van der Waals surface area contributed by atoms with Crippen LogP contribution in [0.3, 0.4) is 0 Å². The number of rotatable bonds is 6. The number of aromatic nitrogens is 1. The molecule has 0 bridgehead atoms. The Hall–Kier alpha value is -3.50. The molecule has 0 atom stereocenters. The maximum absolute atomic E-state index is 14.1. The number of hydrogen-bond acceptors (Lipinski definition) is 7. The average molecular weight is 656 g/mol. The van der Waals surface area contributed by atoms with E-state index in [1.165, 1.54) is 29.0 Å². The summed E-state index contributed by atoms with van der Waals surface area (Å²) >= 11 is 18.5.